The standard InChI is InChI=1S/C15H19BrO3/c1-8-9-4-6-14(2)7-5-10(17)15(3,16)12(14)11(9)19-13(8)18/h5,7-9,11-12H,4,6H2,1-3H3/t8-,9-,11+,12+,14-,15+/m0/s1. The Bertz CT molecular complexity index is 482. The van der Waals surface area contributed by atoms with Gasteiger partial charge in [0.15, 0.2) is 5.78 Å². The molecule has 1 saturated carbocycles. The molecular weight excluding hydrogens is 308 g/mol. The van der Waals surface area contributed by atoms with E-state index in [2.05, 4.69) is 22.9 Å². The van der Waals surface area contributed by atoms with Gasteiger partial charge in [-0.05, 0) is 31.3 Å². The van der Waals surface area contributed by atoms with Gasteiger partial charge in [0, 0.05) is 11.8 Å². The van der Waals surface area contributed by atoms with E-state index in [1.807, 2.05) is 19.9 Å². The van der Waals surface area contributed by atoms with Crippen LogP contribution in [0.4, 0.5) is 0 Å². The molecule has 104 valence electrons. The first kappa shape index (κ1) is 13.3. The Morgan fingerprint density at radius 2 is 2.05 bits per heavy atom. The number of hydrogen-bond acceptors (Lipinski definition) is 3. The monoisotopic (exact) mass is 326 g/mol. The number of carbonyl (C=O) groups is 2. The molecule has 19 heavy (non-hydrogen) atoms. The van der Waals surface area contributed by atoms with Crippen molar-refractivity contribution in [2.24, 2.45) is 23.2 Å². The zero-order valence-electron chi connectivity index (χ0n) is 11.5. The Kier molecular flexibility index (Phi) is 2.76. The summed E-state index contributed by atoms with van der Waals surface area (Å²) in [6.45, 7) is 6.04. The van der Waals surface area contributed by atoms with Crippen LogP contribution < -0.4 is 0 Å². The number of fused-ring (bicyclic) bond motifs is 3. The molecule has 3 aliphatic rings. The van der Waals surface area contributed by atoms with Gasteiger partial charge in [0.25, 0.3) is 0 Å². The molecule has 0 aromatic carbocycles. The predicted octanol–water partition coefficient (Wildman–Crippen LogP) is 2.87. The summed E-state index contributed by atoms with van der Waals surface area (Å²) >= 11 is 3.62. The van der Waals surface area contributed by atoms with Crippen LogP contribution in [0, 0.1) is 23.2 Å². The van der Waals surface area contributed by atoms with E-state index in [1.54, 1.807) is 6.08 Å². The molecule has 0 unspecified atom stereocenters. The van der Waals surface area contributed by atoms with Crippen LogP contribution >= 0.6 is 15.9 Å². The van der Waals surface area contributed by atoms with Gasteiger partial charge in [-0.25, -0.2) is 0 Å². The third-order valence-corrected chi connectivity index (χ3v) is 6.31. The smallest absolute Gasteiger partial charge is 0.309 e. The molecule has 1 saturated heterocycles. The van der Waals surface area contributed by atoms with Crippen LogP contribution in [-0.2, 0) is 14.3 Å². The van der Waals surface area contributed by atoms with E-state index >= 15 is 0 Å². The summed E-state index contributed by atoms with van der Waals surface area (Å²) in [6.07, 6.45) is 5.57. The summed E-state index contributed by atoms with van der Waals surface area (Å²) in [5.41, 5.74) is -0.0718. The topological polar surface area (TPSA) is 43.4 Å². The molecule has 2 aliphatic carbocycles. The first-order valence-electron chi connectivity index (χ1n) is 6.90. The summed E-state index contributed by atoms with van der Waals surface area (Å²) in [7, 11) is 0. The van der Waals surface area contributed by atoms with Crippen LogP contribution in [0.3, 0.4) is 0 Å². The first-order valence-corrected chi connectivity index (χ1v) is 7.70. The minimum absolute atomic E-state index is 0.0187. The number of esters is 1. The normalized spacial score (nSPS) is 52.6. The maximum atomic E-state index is 12.2. The van der Waals surface area contributed by atoms with E-state index in [0.717, 1.165) is 12.8 Å². The fraction of sp³-hybridized carbons (Fsp3) is 0.733. The minimum Gasteiger partial charge on any atom is -0.461 e. The molecular formula is C15H19BrO3. The second-order valence-electron chi connectivity index (χ2n) is 6.65. The summed E-state index contributed by atoms with van der Waals surface area (Å²) < 4.78 is 5.01. The average Bonchev–Trinajstić information content (AvgIpc) is 2.60. The summed E-state index contributed by atoms with van der Waals surface area (Å²) in [6, 6.07) is 0. The lowest BCUT2D eigenvalue weighted by molar-refractivity contribution is -0.150. The van der Waals surface area contributed by atoms with Gasteiger partial charge in [-0.15, -0.1) is 0 Å². The van der Waals surface area contributed by atoms with E-state index < -0.39 is 4.32 Å². The highest BCUT2D eigenvalue weighted by molar-refractivity contribution is 9.10. The molecule has 1 heterocycles. The number of halogens is 1. The summed E-state index contributed by atoms with van der Waals surface area (Å²) in [4.78, 5) is 24.1. The van der Waals surface area contributed by atoms with Crippen LogP contribution in [0.1, 0.15) is 33.6 Å². The second-order valence-corrected chi connectivity index (χ2v) is 8.30. The van der Waals surface area contributed by atoms with Gasteiger partial charge in [0.2, 0.25) is 0 Å². The number of allylic oxidation sites excluding steroid dienone is 2. The maximum Gasteiger partial charge on any atom is 0.309 e. The van der Waals surface area contributed by atoms with Crippen molar-refractivity contribution < 1.29 is 14.3 Å². The first-order chi connectivity index (χ1) is 8.77. The molecule has 1 aliphatic heterocycles. The van der Waals surface area contributed by atoms with E-state index in [1.165, 1.54) is 0 Å². The zero-order valence-corrected chi connectivity index (χ0v) is 13.1. The van der Waals surface area contributed by atoms with Crippen molar-refractivity contribution in [1.82, 2.24) is 0 Å². The number of ketones is 1. The molecule has 0 spiro atoms. The lowest BCUT2D eigenvalue weighted by Gasteiger charge is -2.52. The third kappa shape index (κ3) is 1.68. The van der Waals surface area contributed by atoms with Gasteiger partial charge in [0.05, 0.1) is 10.2 Å². The van der Waals surface area contributed by atoms with Crippen molar-refractivity contribution in [3.63, 3.8) is 0 Å². The molecule has 0 aromatic heterocycles. The van der Waals surface area contributed by atoms with Crippen molar-refractivity contribution >= 4 is 27.7 Å². The van der Waals surface area contributed by atoms with Gasteiger partial charge in [-0.2, -0.15) is 0 Å². The molecule has 2 fully saturated rings. The Morgan fingerprint density at radius 3 is 2.74 bits per heavy atom. The number of hydrogen-bond donors (Lipinski definition) is 0. The van der Waals surface area contributed by atoms with Crippen molar-refractivity contribution in [3.05, 3.63) is 12.2 Å². The molecule has 3 rings (SSSR count). The number of ether oxygens (including phenoxy) is 1. The number of alkyl halides is 1. The minimum atomic E-state index is -0.635. The van der Waals surface area contributed by atoms with Crippen molar-refractivity contribution in [1.29, 1.82) is 0 Å². The van der Waals surface area contributed by atoms with Crippen molar-refractivity contribution in [2.45, 2.75) is 44.0 Å². The Morgan fingerprint density at radius 1 is 1.37 bits per heavy atom. The number of carbonyl (C=O) groups excluding carboxylic acids is 2. The Labute approximate surface area is 121 Å². The molecule has 4 heteroatoms. The fourth-order valence-corrected chi connectivity index (χ4v) is 5.14. The molecule has 3 nitrogen and oxygen atoms in total. The lowest BCUT2D eigenvalue weighted by Crippen LogP contribution is -2.57. The van der Waals surface area contributed by atoms with E-state index in [9.17, 15) is 9.59 Å². The zero-order chi connectivity index (χ0) is 14.0. The molecule has 0 radical (unpaired) electrons. The van der Waals surface area contributed by atoms with Gasteiger partial charge in [-0.3, -0.25) is 9.59 Å². The number of rotatable bonds is 0. The highest BCUT2D eigenvalue weighted by atomic mass is 79.9. The van der Waals surface area contributed by atoms with E-state index in [0.29, 0.717) is 0 Å². The maximum absolute atomic E-state index is 12.2. The lowest BCUT2D eigenvalue weighted by atomic mass is 9.55. The molecule has 0 bridgehead atoms. The van der Waals surface area contributed by atoms with Gasteiger partial charge < -0.3 is 4.74 Å². The van der Waals surface area contributed by atoms with Crippen LogP contribution in [0.25, 0.3) is 0 Å². The molecule has 0 aromatic rings. The second kappa shape index (κ2) is 3.94. The average molecular weight is 327 g/mol. The third-order valence-electron chi connectivity index (χ3n) is 5.42. The van der Waals surface area contributed by atoms with Crippen molar-refractivity contribution in [3.8, 4) is 0 Å². The Hall–Kier alpha value is -0.640. The largest absolute Gasteiger partial charge is 0.461 e. The summed E-state index contributed by atoms with van der Waals surface area (Å²) in [5.74, 6) is 0.196. The Balaban J connectivity index is 2.07. The fourth-order valence-electron chi connectivity index (χ4n) is 4.22. The summed E-state index contributed by atoms with van der Waals surface area (Å²) in [5, 5.41) is 0. The molecule has 6 atom stereocenters. The molecule has 0 amide bonds. The predicted molar refractivity (Wildman–Crippen MR) is 74.8 cm³/mol. The highest BCUT2D eigenvalue weighted by Gasteiger charge is 2.61. The van der Waals surface area contributed by atoms with Crippen LogP contribution in [0.2, 0.25) is 0 Å². The van der Waals surface area contributed by atoms with Crippen LogP contribution in [0.15, 0.2) is 12.2 Å². The molecule has 0 N–H and O–H groups in total. The van der Waals surface area contributed by atoms with Crippen LogP contribution in [0.5, 0.6) is 0 Å². The van der Waals surface area contributed by atoms with Gasteiger partial charge in [0.1, 0.15) is 6.10 Å². The van der Waals surface area contributed by atoms with Gasteiger partial charge >= 0.3 is 5.97 Å². The SMILES string of the molecule is C[C@@H]1C(=O)O[C@@H]2[C@H]1CC[C@@]1(C)C=CC(=O)[C@@](C)(Br)[C@H]21. The van der Waals surface area contributed by atoms with Crippen molar-refractivity contribution in [2.75, 3.05) is 0 Å². The highest BCUT2D eigenvalue weighted by Crippen LogP contribution is 2.58. The van der Waals surface area contributed by atoms with E-state index in [-0.39, 0.29) is 41.0 Å². The van der Waals surface area contributed by atoms with Crippen LogP contribution in [-0.4, -0.2) is 22.2 Å². The van der Waals surface area contributed by atoms with E-state index in [4.69, 9.17) is 4.74 Å². The van der Waals surface area contributed by atoms with Gasteiger partial charge in [-0.1, -0.05) is 35.9 Å². The quantitative estimate of drug-likeness (QED) is 0.508.